The van der Waals surface area contributed by atoms with Crippen LogP contribution in [0.1, 0.15) is 12.8 Å². The largest absolute Gasteiger partial charge is 1.00 e. The maximum atomic E-state index is 10.8. The molecule has 1 saturated heterocycles. The number of quaternary nitrogens is 1. The van der Waals surface area contributed by atoms with E-state index in [-0.39, 0.29) is 12.4 Å². The molecule has 0 atom stereocenters. The van der Waals surface area contributed by atoms with Gasteiger partial charge in [0.1, 0.15) is 5.75 Å². The molecule has 106 valence electrons. The highest BCUT2D eigenvalue weighted by atomic mass is 35.5. The molecule has 1 amide bonds. The molecule has 6 heteroatoms. The lowest BCUT2D eigenvalue weighted by molar-refractivity contribution is -0.828. The maximum Gasteiger partial charge on any atom is 0.511 e. The van der Waals surface area contributed by atoms with E-state index in [0.29, 0.717) is 10.1 Å². The van der Waals surface area contributed by atoms with E-state index in [1.165, 1.54) is 4.90 Å². The minimum absolute atomic E-state index is 0. The van der Waals surface area contributed by atoms with Crippen LogP contribution in [0.3, 0.4) is 0 Å². The number of halogens is 1. The van der Waals surface area contributed by atoms with Gasteiger partial charge in [-0.15, -0.1) is 11.8 Å². The Balaban J connectivity index is 0.00000180. The van der Waals surface area contributed by atoms with Crippen LogP contribution in [0.25, 0.3) is 0 Å². The van der Waals surface area contributed by atoms with E-state index in [4.69, 9.17) is 9.84 Å². The first-order valence-corrected chi connectivity index (χ1v) is 6.95. The fraction of sp³-hybridized carbons (Fsp3) is 0.462. The Labute approximate surface area is 123 Å². The molecule has 2 N–H and O–H groups in total. The molecule has 0 aliphatic carbocycles. The molecule has 0 spiro atoms. The predicted octanol–water partition coefficient (Wildman–Crippen LogP) is -1.48. The number of carboxylic acid groups (broad SMARTS) is 1. The fourth-order valence-electron chi connectivity index (χ4n) is 2.14. The molecule has 0 aromatic heterocycles. The van der Waals surface area contributed by atoms with E-state index in [9.17, 15) is 4.79 Å². The molecular formula is C13H18ClNO3S. The van der Waals surface area contributed by atoms with Crippen molar-refractivity contribution in [2.24, 2.45) is 0 Å². The summed E-state index contributed by atoms with van der Waals surface area (Å²) in [6.45, 7) is 1.44. The van der Waals surface area contributed by atoms with Gasteiger partial charge in [0.15, 0.2) is 0 Å². The highest BCUT2D eigenvalue weighted by Crippen LogP contribution is 2.30. The number of ether oxygens (including phenoxy) is 1. The summed E-state index contributed by atoms with van der Waals surface area (Å²) in [7, 11) is 1.67. The summed E-state index contributed by atoms with van der Waals surface area (Å²) in [5, 5.41) is 9.44. The van der Waals surface area contributed by atoms with Crippen LogP contribution in [0.4, 0.5) is 4.79 Å². The second-order valence-corrected chi connectivity index (χ2v) is 5.78. The molecule has 19 heavy (non-hydrogen) atoms. The van der Waals surface area contributed by atoms with Gasteiger partial charge in [-0.05, 0) is 18.2 Å². The summed E-state index contributed by atoms with van der Waals surface area (Å²) in [4.78, 5) is 12.7. The molecule has 1 fully saturated rings. The minimum atomic E-state index is -0.722. The number of thioether (sulfide) groups is 1. The number of rotatable bonds is 3. The summed E-state index contributed by atoms with van der Waals surface area (Å²) < 4.78 is 5.20. The van der Waals surface area contributed by atoms with E-state index >= 15 is 0 Å². The van der Waals surface area contributed by atoms with Crippen molar-refractivity contribution in [3.8, 4) is 5.75 Å². The second-order valence-electron chi connectivity index (χ2n) is 4.40. The van der Waals surface area contributed by atoms with E-state index in [2.05, 4.69) is 6.07 Å². The highest BCUT2D eigenvalue weighted by Gasteiger charge is 2.27. The third-order valence-corrected chi connectivity index (χ3v) is 4.51. The zero-order chi connectivity index (χ0) is 13.0. The molecule has 0 bridgehead atoms. The van der Waals surface area contributed by atoms with Gasteiger partial charge in [-0.25, -0.2) is 4.90 Å². The molecule has 1 aliphatic rings. The van der Waals surface area contributed by atoms with Gasteiger partial charge in [0.2, 0.25) is 0 Å². The number of amides is 1. The monoisotopic (exact) mass is 303 g/mol. The smallest absolute Gasteiger partial charge is 0.511 e. The lowest BCUT2D eigenvalue weighted by Gasteiger charge is -2.25. The number of likely N-dealkylation sites (tertiary alicyclic amines) is 1. The van der Waals surface area contributed by atoms with Crippen molar-refractivity contribution in [1.82, 2.24) is 0 Å². The third kappa shape index (κ3) is 4.60. The Bertz CT molecular complexity index is 422. The molecule has 1 aromatic rings. The molecule has 1 aliphatic heterocycles. The van der Waals surface area contributed by atoms with Gasteiger partial charge >= 0.3 is 6.09 Å². The van der Waals surface area contributed by atoms with E-state index < -0.39 is 6.09 Å². The summed E-state index contributed by atoms with van der Waals surface area (Å²) in [5.41, 5.74) is 0. The molecule has 1 heterocycles. The standard InChI is InChI=1S/C13H17NO3S.ClH/c1-17-10-3-2-4-12(9-10)18-11-5-7-14(8-6-11)13(15)16;/h2-4,9,11H,5-8H2,1H3,(H,15,16);1H. The number of hydrogen-bond acceptors (Lipinski definition) is 3. The third-order valence-electron chi connectivity index (χ3n) is 3.18. The predicted molar refractivity (Wildman–Crippen MR) is 70.6 cm³/mol. The summed E-state index contributed by atoms with van der Waals surface area (Å²) in [6, 6.07) is 8.02. The first-order valence-electron chi connectivity index (χ1n) is 6.07. The lowest BCUT2D eigenvalue weighted by atomic mass is 10.1. The van der Waals surface area contributed by atoms with Crippen molar-refractivity contribution in [1.29, 1.82) is 0 Å². The summed E-state index contributed by atoms with van der Waals surface area (Å²) in [6.07, 6.45) is 1.17. The van der Waals surface area contributed by atoms with Gasteiger partial charge in [-0.3, -0.25) is 0 Å². The molecule has 0 saturated carbocycles. The van der Waals surface area contributed by atoms with Crippen molar-refractivity contribution in [3.63, 3.8) is 0 Å². The number of piperidine rings is 1. The second kappa shape index (κ2) is 7.62. The van der Waals surface area contributed by atoms with Crippen LogP contribution >= 0.6 is 11.8 Å². The Kier molecular flexibility index (Phi) is 6.48. The van der Waals surface area contributed by atoms with Gasteiger partial charge in [0.05, 0.1) is 20.2 Å². The Morgan fingerprint density at radius 2 is 2.11 bits per heavy atom. The first-order chi connectivity index (χ1) is 8.69. The molecule has 0 radical (unpaired) electrons. The number of methoxy groups -OCH3 is 1. The Hall–Kier alpha value is -0.910. The van der Waals surface area contributed by atoms with Crippen LogP contribution in [-0.4, -0.2) is 36.6 Å². The minimum Gasteiger partial charge on any atom is -1.00 e. The number of nitrogens with one attached hydrogen (secondary N) is 1. The Morgan fingerprint density at radius 3 is 2.68 bits per heavy atom. The molecule has 0 unspecified atom stereocenters. The van der Waals surface area contributed by atoms with Crippen molar-refractivity contribution in [2.45, 2.75) is 23.0 Å². The van der Waals surface area contributed by atoms with Crippen molar-refractivity contribution < 1.29 is 31.9 Å². The topological polar surface area (TPSA) is 51.0 Å². The average molecular weight is 304 g/mol. The maximum absolute atomic E-state index is 10.8. The van der Waals surface area contributed by atoms with E-state index in [0.717, 1.165) is 31.7 Å². The SMILES string of the molecule is COc1cccc(SC2CC[NH+](C(=O)O)CC2)c1.[Cl-]. The number of benzene rings is 1. The quantitative estimate of drug-likeness (QED) is 0.715. The van der Waals surface area contributed by atoms with Crippen LogP contribution in [0.2, 0.25) is 0 Å². The van der Waals surface area contributed by atoms with Gasteiger partial charge < -0.3 is 22.3 Å². The zero-order valence-corrected chi connectivity index (χ0v) is 12.3. The highest BCUT2D eigenvalue weighted by molar-refractivity contribution is 8.00. The Morgan fingerprint density at radius 1 is 1.42 bits per heavy atom. The molecular weight excluding hydrogens is 286 g/mol. The van der Waals surface area contributed by atoms with E-state index in [1.807, 2.05) is 30.0 Å². The van der Waals surface area contributed by atoms with Gasteiger partial charge in [-0.2, -0.15) is 4.79 Å². The van der Waals surface area contributed by atoms with Crippen LogP contribution < -0.4 is 22.0 Å². The van der Waals surface area contributed by atoms with Crippen molar-refractivity contribution in [2.75, 3.05) is 20.2 Å². The number of carbonyl (C=O) groups is 1. The van der Waals surface area contributed by atoms with Crippen LogP contribution in [0.5, 0.6) is 5.75 Å². The van der Waals surface area contributed by atoms with E-state index in [1.54, 1.807) is 7.11 Å². The first kappa shape index (κ1) is 16.1. The van der Waals surface area contributed by atoms with Crippen molar-refractivity contribution >= 4 is 17.9 Å². The van der Waals surface area contributed by atoms with Crippen LogP contribution in [0.15, 0.2) is 29.2 Å². The lowest BCUT2D eigenvalue weighted by Crippen LogP contribution is -3.15. The van der Waals surface area contributed by atoms with Gasteiger partial charge in [-0.1, -0.05) is 6.07 Å². The van der Waals surface area contributed by atoms with Crippen LogP contribution in [0, 0.1) is 0 Å². The summed E-state index contributed by atoms with van der Waals surface area (Å²) >= 11 is 1.82. The zero-order valence-electron chi connectivity index (χ0n) is 10.8. The van der Waals surface area contributed by atoms with Crippen molar-refractivity contribution in [3.05, 3.63) is 24.3 Å². The van der Waals surface area contributed by atoms with Crippen LogP contribution in [-0.2, 0) is 0 Å². The van der Waals surface area contributed by atoms with Gasteiger partial charge in [0.25, 0.3) is 0 Å². The fourth-order valence-corrected chi connectivity index (χ4v) is 3.34. The summed E-state index contributed by atoms with van der Waals surface area (Å²) in [5.74, 6) is 0.869. The molecule has 2 rings (SSSR count). The normalized spacial score (nSPS) is 22.4. The van der Waals surface area contributed by atoms with Gasteiger partial charge in [0, 0.05) is 23.0 Å². The number of hydrogen-bond donors (Lipinski definition) is 2. The molecule has 4 nitrogen and oxygen atoms in total. The molecule has 1 aromatic carbocycles. The average Bonchev–Trinajstić information content (AvgIpc) is 2.39.